The number of sulfonamides is 1. The van der Waals surface area contributed by atoms with Gasteiger partial charge >= 0.3 is 5.97 Å². The van der Waals surface area contributed by atoms with Crippen molar-refractivity contribution in [2.45, 2.75) is 25.2 Å². The van der Waals surface area contributed by atoms with E-state index in [4.69, 9.17) is 16.3 Å². The molecule has 1 amide bonds. The maximum Gasteiger partial charge on any atom is 0.341 e. The van der Waals surface area contributed by atoms with Crippen molar-refractivity contribution in [3.63, 3.8) is 0 Å². The van der Waals surface area contributed by atoms with Gasteiger partial charge in [0.2, 0.25) is 0 Å². The lowest BCUT2D eigenvalue weighted by atomic mass is 10.2. The number of hydrogen-bond acceptors (Lipinski definition) is 6. The maximum atomic E-state index is 13.0. The SMILES string of the molecule is CCOC(=O)c1cc(CC)sc1NC(=O)c1cc(NS(=O)(=O)c2ccc(Cl)cc2)ccc1Br. The van der Waals surface area contributed by atoms with Crippen molar-refractivity contribution in [3.05, 3.63) is 74.0 Å². The number of carbonyl (C=O) groups is 2. The Morgan fingerprint density at radius 3 is 2.39 bits per heavy atom. The van der Waals surface area contributed by atoms with Crippen LogP contribution in [0, 0.1) is 0 Å². The van der Waals surface area contributed by atoms with Crippen LogP contribution in [0.1, 0.15) is 39.4 Å². The van der Waals surface area contributed by atoms with Gasteiger partial charge in [0.15, 0.2) is 0 Å². The Balaban J connectivity index is 1.87. The molecule has 1 aromatic heterocycles. The molecule has 174 valence electrons. The minimum absolute atomic E-state index is 0.0329. The number of carbonyl (C=O) groups excluding carboxylic acids is 2. The molecule has 3 rings (SSSR count). The Kier molecular flexibility index (Phi) is 8.17. The number of esters is 1. The number of nitrogens with one attached hydrogen (secondary N) is 2. The normalized spacial score (nSPS) is 11.2. The third-order valence-electron chi connectivity index (χ3n) is 4.44. The van der Waals surface area contributed by atoms with Gasteiger partial charge < -0.3 is 10.1 Å². The zero-order chi connectivity index (χ0) is 24.2. The first-order valence-electron chi connectivity index (χ1n) is 9.83. The summed E-state index contributed by atoms with van der Waals surface area (Å²) in [4.78, 5) is 26.2. The molecule has 0 saturated heterocycles. The minimum atomic E-state index is -3.88. The zero-order valence-corrected chi connectivity index (χ0v) is 21.6. The van der Waals surface area contributed by atoms with Gasteiger partial charge in [-0.15, -0.1) is 11.3 Å². The molecule has 0 atom stereocenters. The molecule has 3 aromatic rings. The Morgan fingerprint density at radius 1 is 1.06 bits per heavy atom. The van der Waals surface area contributed by atoms with Gasteiger partial charge in [0.05, 0.1) is 22.6 Å². The Hall–Kier alpha value is -2.40. The summed E-state index contributed by atoms with van der Waals surface area (Å²) in [5, 5.41) is 3.53. The summed E-state index contributed by atoms with van der Waals surface area (Å²) in [5.74, 6) is -1.03. The van der Waals surface area contributed by atoms with E-state index >= 15 is 0 Å². The molecule has 11 heteroatoms. The number of amides is 1. The highest BCUT2D eigenvalue weighted by Crippen LogP contribution is 2.31. The molecular weight excluding hydrogens is 552 g/mol. The van der Waals surface area contributed by atoms with Crippen LogP contribution < -0.4 is 10.0 Å². The minimum Gasteiger partial charge on any atom is -0.462 e. The first-order chi connectivity index (χ1) is 15.6. The monoisotopic (exact) mass is 570 g/mol. The topological polar surface area (TPSA) is 102 Å². The maximum absolute atomic E-state index is 13.0. The summed E-state index contributed by atoms with van der Waals surface area (Å²) in [6, 6.07) is 11.9. The highest BCUT2D eigenvalue weighted by molar-refractivity contribution is 9.10. The fourth-order valence-corrected chi connectivity index (χ4v) is 5.41. The van der Waals surface area contributed by atoms with E-state index in [9.17, 15) is 18.0 Å². The third kappa shape index (κ3) is 6.14. The molecule has 0 aliphatic heterocycles. The summed E-state index contributed by atoms with van der Waals surface area (Å²) in [6.45, 7) is 3.86. The lowest BCUT2D eigenvalue weighted by Gasteiger charge is -2.12. The predicted octanol–water partition coefficient (Wildman–Crippen LogP) is 5.96. The van der Waals surface area contributed by atoms with Gasteiger partial charge in [-0.25, -0.2) is 13.2 Å². The van der Waals surface area contributed by atoms with Crippen LogP contribution in [0.4, 0.5) is 10.7 Å². The number of anilines is 2. The highest BCUT2D eigenvalue weighted by Gasteiger charge is 2.21. The van der Waals surface area contributed by atoms with Crippen molar-refractivity contribution >= 4 is 71.5 Å². The molecule has 0 unspecified atom stereocenters. The van der Waals surface area contributed by atoms with Crippen LogP contribution in [0.3, 0.4) is 0 Å². The van der Waals surface area contributed by atoms with Crippen molar-refractivity contribution < 1.29 is 22.7 Å². The lowest BCUT2D eigenvalue weighted by Crippen LogP contribution is -2.16. The largest absolute Gasteiger partial charge is 0.462 e. The van der Waals surface area contributed by atoms with E-state index < -0.39 is 21.9 Å². The molecule has 33 heavy (non-hydrogen) atoms. The van der Waals surface area contributed by atoms with Crippen molar-refractivity contribution in [3.8, 4) is 0 Å². The number of benzene rings is 2. The van der Waals surface area contributed by atoms with Gasteiger partial charge in [-0.05, 0) is 77.8 Å². The molecule has 0 radical (unpaired) electrons. The molecule has 0 bridgehead atoms. The first-order valence-corrected chi connectivity index (χ1v) is 13.3. The van der Waals surface area contributed by atoms with Gasteiger partial charge in [0.25, 0.3) is 15.9 Å². The van der Waals surface area contributed by atoms with Crippen molar-refractivity contribution in [1.82, 2.24) is 0 Å². The average Bonchev–Trinajstić information content (AvgIpc) is 3.18. The van der Waals surface area contributed by atoms with Crippen LogP contribution in [0.2, 0.25) is 5.02 Å². The zero-order valence-electron chi connectivity index (χ0n) is 17.6. The van der Waals surface area contributed by atoms with Gasteiger partial charge in [-0.1, -0.05) is 18.5 Å². The van der Waals surface area contributed by atoms with E-state index in [2.05, 4.69) is 26.0 Å². The standard InChI is InChI=1S/C22H20BrClN2O5S2/c1-3-15-12-18(22(28)31-4-2)21(32-15)25-20(27)17-11-14(7-10-19(17)23)26-33(29,30)16-8-5-13(24)6-9-16/h5-12,26H,3-4H2,1-2H3,(H,25,27). The van der Waals surface area contributed by atoms with Crippen LogP contribution in [0.5, 0.6) is 0 Å². The van der Waals surface area contributed by atoms with E-state index in [0.717, 1.165) is 4.88 Å². The molecule has 0 fully saturated rings. The van der Waals surface area contributed by atoms with E-state index in [1.165, 1.54) is 47.7 Å². The molecular formula is C22H20BrClN2O5S2. The Labute approximate surface area is 209 Å². The Bertz CT molecular complexity index is 1290. The second-order valence-corrected chi connectivity index (χ2v) is 10.8. The number of ether oxygens (including phenoxy) is 1. The fraction of sp³-hybridized carbons (Fsp3) is 0.182. The van der Waals surface area contributed by atoms with Gasteiger partial charge in [-0.3, -0.25) is 9.52 Å². The number of thiophene rings is 1. The molecule has 0 spiro atoms. The summed E-state index contributed by atoms with van der Waals surface area (Å²) >= 11 is 10.4. The van der Waals surface area contributed by atoms with Crippen molar-refractivity contribution in [2.75, 3.05) is 16.6 Å². The lowest BCUT2D eigenvalue weighted by molar-refractivity contribution is 0.0528. The van der Waals surface area contributed by atoms with Gasteiger partial charge in [0, 0.05) is 20.1 Å². The fourth-order valence-electron chi connectivity index (χ4n) is 2.83. The van der Waals surface area contributed by atoms with Crippen LogP contribution in [-0.4, -0.2) is 26.9 Å². The van der Waals surface area contributed by atoms with E-state index in [-0.39, 0.29) is 28.3 Å². The van der Waals surface area contributed by atoms with E-state index in [1.807, 2.05) is 6.92 Å². The van der Waals surface area contributed by atoms with Gasteiger partial charge in [0.1, 0.15) is 5.00 Å². The molecule has 0 saturated carbocycles. The summed E-state index contributed by atoms with van der Waals surface area (Å²) in [5.41, 5.74) is 0.666. The second kappa shape index (κ2) is 10.7. The van der Waals surface area contributed by atoms with E-state index in [1.54, 1.807) is 19.1 Å². The summed E-state index contributed by atoms with van der Waals surface area (Å²) in [7, 11) is -3.88. The summed E-state index contributed by atoms with van der Waals surface area (Å²) in [6.07, 6.45) is 0.693. The van der Waals surface area contributed by atoms with E-state index in [0.29, 0.717) is 20.9 Å². The highest BCUT2D eigenvalue weighted by atomic mass is 79.9. The molecule has 0 aliphatic rings. The third-order valence-corrected chi connectivity index (χ3v) is 7.98. The van der Waals surface area contributed by atoms with Crippen LogP contribution in [0.25, 0.3) is 0 Å². The van der Waals surface area contributed by atoms with Crippen molar-refractivity contribution in [2.24, 2.45) is 0 Å². The number of hydrogen-bond donors (Lipinski definition) is 2. The number of halogens is 2. The van der Waals surface area contributed by atoms with Crippen LogP contribution >= 0.6 is 38.9 Å². The molecule has 7 nitrogen and oxygen atoms in total. The first kappa shape index (κ1) is 25.2. The average molecular weight is 572 g/mol. The van der Waals surface area contributed by atoms with Crippen LogP contribution in [-0.2, 0) is 21.2 Å². The molecule has 0 aliphatic carbocycles. The smallest absolute Gasteiger partial charge is 0.341 e. The quantitative estimate of drug-likeness (QED) is 0.325. The number of aryl methyl sites for hydroxylation is 1. The van der Waals surface area contributed by atoms with Crippen molar-refractivity contribution in [1.29, 1.82) is 0 Å². The van der Waals surface area contributed by atoms with Gasteiger partial charge in [-0.2, -0.15) is 0 Å². The second-order valence-electron chi connectivity index (χ2n) is 6.74. The molecule has 2 N–H and O–H groups in total. The molecule has 1 heterocycles. The number of rotatable bonds is 8. The summed E-state index contributed by atoms with van der Waals surface area (Å²) < 4.78 is 33.3. The predicted molar refractivity (Wildman–Crippen MR) is 134 cm³/mol. The molecule has 2 aromatic carbocycles. The Morgan fingerprint density at radius 2 is 1.76 bits per heavy atom. The van der Waals surface area contributed by atoms with Crippen LogP contribution in [0.15, 0.2) is 57.9 Å².